The molecule has 4 aromatic rings. The van der Waals surface area contributed by atoms with Crippen LogP contribution in [0.1, 0.15) is 74.1 Å². The molecule has 56 heavy (non-hydrogen) atoms. The summed E-state index contributed by atoms with van der Waals surface area (Å²) in [6.45, 7) is 6.36. The number of hydrogen-bond acceptors (Lipinski definition) is 12. The lowest BCUT2D eigenvalue weighted by Gasteiger charge is -2.16. The van der Waals surface area contributed by atoms with E-state index in [-0.39, 0.29) is 51.1 Å². The zero-order valence-electron chi connectivity index (χ0n) is 32.1. The van der Waals surface area contributed by atoms with Gasteiger partial charge in [-0.1, -0.05) is 0 Å². The highest BCUT2D eigenvalue weighted by molar-refractivity contribution is 6.02. The monoisotopic (exact) mass is 770 g/mol. The van der Waals surface area contributed by atoms with Crippen molar-refractivity contribution in [1.29, 1.82) is 0 Å². The lowest BCUT2D eigenvalue weighted by Crippen LogP contribution is -2.30. The third-order valence-electron chi connectivity index (χ3n) is 8.18. The Labute approximate surface area is 326 Å². The lowest BCUT2D eigenvalue weighted by atomic mass is 9.97. The van der Waals surface area contributed by atoms with Crippen molar-refractivity contribution in [2.75, 3.05) is 48.5 Å². The third kappa shape index (κ3) is 13.3. The van der Waals surface area contributed by atoms with E-state index in [9.17, 15) is 29.4 Å². The number of ketones is 2. The predicted molar refractivity (Wildman–Crippen MR) is 214 cm³/mol. The Balaban J connectivity index is 1.17. The van der Waals surface area contributed by atoms with Crippen LogP contribution in [-0.2, 0) is 9.59 Å². The number of amides is 2. The number of ether oxygens (including phenoxy) is 4. The van der Waals surface area contributed by atoms with Crippen molar-refractivity contribution in [2.24, 2.45) is 0 Å². The Morgan fingerprint density at radius 1 is 0.536 bits per heavy atom. The van der Waals surface area contributed by atoms with Crippen LogP contribution in [0.3, 0.4) is 0 Å². The molecule has 0 spiro atoms. The number of nitrogens with one attached hydrogen (secondary N) is 2. The quantitative estimate of drug-likeness (QED) is 0.0336. The van der Waals surface area contributed by atoms with Gasteiger partial charge in [0.15, 0.2) is 11.6 Å². The van der Waals surface area contributed by atoms with E-state index in [4.69, 9.17) is 30.4 Å². The SMILES string of the molecule is CC(C)(O)C(=O)c1ccc(OCCOc2cc(N)ccc2NC(=O)CCCCC(=O)Nc2ccc(N)cc2OCCOc2ccc(C(=O)C(C)(C)O)cc2)cc1. The fourth-order valence-electron chi connectivity index (χ4n) is 5.25. The van der Waals surface area contributed by atoms with Crippen LogP contribution in [0, 0.1) is 0 Å². The van der Waals surface area contributed by atoms with E-state index in [2.05, 4.69) is 10.6 Å². The number of unbranched alkanes of at least 4 members (excludes halogenated alkanes) is 1. The molecule has 0 saturated carbocycles. The van der Waals surface area contributed by atoms with E-state index in [1.807, 2.05) is 0 Å². The van der Waals surface area contributed by atoms with Crippen LogP contribution in [0.4, 0.5) is 22.7 Å². The van der Waals surface area contributed by atoms with Crippen LogP contribution in [0.25, 0.3) is 0 Å². The molecule has 14 nitrogen and oxygen atoms in total. The smallest absolute Gasteiger partial charge is 0.224 e. The maximum absolute atomic E-state index is 12.8. The molecule has 0 aliphatic heterocycles. The molecule has 8 N–H and O–H groups in total. The van der Waals surface area contributed by atoms with E-state index in [1.54, 1.807) is 84.9 Å². The second-order valence-corrected chi connectivity index (χ2v) is 14.0. The van der Waals surface area contributed by atoms with Gasteiger partial charge >= 0.3 is 0 Å². The Hall–Kier alpha value is -6.12. The van der Waals surface area contributed by atoms with Crippen LogP contribution < -0.4 is 41.0 Å². The van der Waals surface area contributed by atoms with Gasteiger partial charge in [0, 0.05) is 47.5 Å². The van der Waals surface area contributed by atoms with Crippen molar-refractivity contribution >= 4 is 46.1 Å². The number of carbonyl (C=O) groups is 4. The molecule has 0 saturated heterocycles. The third-order valence-corrected chi connectivity index (χ3v) is 8.18. The van der Waals surface area contributed by atoms with E-state index in [1.165, 1.54) is 27.7 Å². The highest BCUT2D eigenvalue weighted by Gasteiger charge is 2.26. The minimum Gasteiger partial charge on any atom is -0.490 e. The molecule has 2 amide bonds. The van der Waals surface area contributed by atoms with Crippen molar-refractivity contribution in [2.45, 2.75) is 64.6 Å². The van der Waals surface area contributed by atoms with Crippen LogP contribution >= 0.6 is 0 Å². The molecule has 4 rings (SSSR count). The van der Waals surface area contributed by atoms with Gasteiger partial charge in [-0.15, -0.1) is 0 Å². The molecular weight excluding hydrogens is 720 g/mol. The van der Waals surface area contributed by atoms with Gasteiger partial charge in [-0.05, 0) is 113 Å². The second kappa shape index (κ2) is 19.5. The summed E-state index contributed by atoms with van der Waals surface area (Å²) in [5, 5.41) is 25.5. The van der Waals surface area contributed by atoms with Gasteiger partial charge in [-0.25, -0.2) is 0 Å². The van der Waals surface area contributed by atoms with Crippen molar-refractivity contribution in [3.05, 3.63) is 96.1 Å². The molecule has 0 bridgehead atoms. The standard InChI is InChI=1S/C42H50N4O10/c1-41(2,51)39(49)27-9-15-31(16-10-27)53-21-23-55-35-25-29(43)13-19-33(35)45-37(47)7-5-6-8-38(48)46-34-20-14-30(44)26-36(34)56-24-22-54-32-17-11-28(12-18-32)40(50)42(3,4)52/h9-20,25-26,51-52H,5-8,21-24,43-44H2,1-4H3,(H,45,47)(H,46,48). The van der Waals surface area contributed by atoms with Crippen molar-refractivity contribution in [3.8, 4) is 23.0 Å². The zero-order chi connectivity index (χ0) is 40.9. The molecule has 0 heterocycles. The topological polar surface area (TPSA) is 222 Å². The molecule has 0 aliphatic carbocycles. The van der Waals surface area contributed by atoms with Gasteiger partial charge in [-0.3, -0.25) is 19.2 Å². The van der Waals surface area contributed by atoms with Crippen LogP contribution in [-0.4, -0.2) is 71.2 Å². The number of aliphatic hydroxyl groups is 2. The van der Waals surface area contributed by atoms with Gasteiger partial charge in [0.25, 0.3) is 0 Å². The van der Waals surface area contributed by atoms with Crippen LogP contribution in [0.2, 0.25) is 0 Å². The summed E-state index contributed by atoms with van der Waals surface area (Å²) in [6.07, 6.45) is 1.24. The maximum atomic E-state index is 12.8. The molecule has 298 valence electrons. The average Bonchev–Trinajstić information content (AvgIpc) is 3.15. The molecule has 14 heteroatoms. The zero-order valence-corrected chi connectivity index (χ0v) is 32.1. The van der Waals surface area contributed by atoms with E-state index >= 15 is 0 Å². The summed E-state index contributed by atoms with van der Waals surface area (Å²) in [6, 6.07) is 22.6. The first-order valence-electron chi connectivity index (χ1n) is 18.1. The summed E-state index contributed by atoms with van der Waals surface area (Å²) >= 11 is 0. The molecule has 4 aromatic carbocycles. The van der Waals surface area contributed by atoms with Gasteiger partial charge in [0.05, 0.1) is 11.4 Å². The fraction of sp³-hybridized carbons (Fsp3) is 0.333. The number of hydrogen-bond donors (Lipinski definition) is 6. The van der Waals surface area contributed by atoms with Crippen molar-refractivity contribution < 1.29 is 48.3 Å². The Kier molecular flexibility index (Phi) is 14.8. The molecular formula is C42H50N4O10. The summed E-state index contributed by atoms with van der Waals surface area (Å²) < 4.78 is 23.1. The first kappa shape index (κ1) is 42.6. The van der Waals surface area contributed by atoms with Crippen LogP contribution in [0.5, 0.6) is 23.0 Å². The Morgan fingerprint density at radius 2 is 0.875 bits per heavy atom. The highest BCUT2D eigenvalue weighted by Crippen LogP contribution is 2.29. The molecule has 0 unspecified atom stereocenters. The first-order valence-corrected chi connectivity index (χ1v) is 18.1. The highest BCUT2D eigenvalue weighted by atomic mass is 16.5. The number of Topliss-reactive ketones (excluding diaryl/α,β-unsaturated/α-hetero) is 2. The molecule has 0 radical (unpaired) electrons. The van der Waals surface area contributed by atoms with E-state index in [0.29, 0.717) is 69.7 Å². The number of nitrogen functional groups attached to an aromatic ring is 2. The summed E-state index contributed by atoms with van der Waals surface area (Å²) in [7, 11) is 0. The number of rotatable bonds is 21. The van der Waals surface area contributed by atoms with Gasteiger partial charge in [0.2, 0.25) is 11.8 Å². The molecule has 0 aliphatic rings. The Morgan fingerprint density at radius 3 is 1.21 bits per heavy atom. The summed E-state index contributed by atoms with van der Waals surface area (Å²) in [5.41, 5.74) is 11.5. The fourth-order valence-corrected chi connectivity index (χ4v) is 5.25. The number of nitrogens with two attached hydrogens (primary N) is 2. The predicted octanol–water partition coefficient (Wildman–Crippen LogP) is 5.81. The van der Waals surface area contributed by atoms with Crippen molar-refractivity contribution in [3.63, 3.8) is 0 Å². The minimum atomic E-state index is -1.47. The normalized spacial score (nSPS) is 11.3. The Bertz CT molecular complexity index is 1820. The average molecular weight is 771 g/mol. The van der Waals surface area contributed by atoms with Gasteiger partial charge in [-0.2, -0.15) is 0 Å². The molecule has 0 fully saturated rings. The van der Waals surface area contributed by atoms with Crippen LogP contribution in [0.15, 0.2) is 84.9 Å². The van der Waals surface area contributed by atoms with Gasteiger partial charge < -0.3 is 51.3 Å². The number of carbonyl (C=O) groups excluding carboxylic acids is 4. The van der Waals surface area contributed by atoms with Gasteiger partial charge in [0.1, 0.15) is 60.6 Å². The minimum absolute atomic E-state index is 0.143. The molecule has 0 aromatic heterocycles. The summed E-state index contributed by atoms with van der Waals surface area (Å²) in [4.78, 5) is 50.0. The van der Waals surface area contributed by atoms with E-state index in [0.717, 1.165) is 0 Å². The summed E-state index contributed by atoms with van der Waals surface area (Å²) in [5.74, 6) is 0.474. The van der Waals surface area contributed by atoms with E-state index < -0.39 is 22.8 Å². The van der Waals surface area contributed by atoms with Crippen molar-refractivity contribution in [1.82, 2.24) is 0 Å². The first-order chi connectivity index (χ1) is 26.5. The lowest BCUT2D eigenvalue weighted by molar-refractivity contribution is -0.118. The second-order valence-electron chi connectivity index (χ2n) is 14.0. The molecule has 0 atom stereocenters. The largest absolute Gasteiger partial charge is 0.490 e. The number of anilines is 4. The number of benzene rings is 4. The maximum Gasteiger partial charge on any atom is 0.224 e.